The van der Waals surface area contributed by atoms with Crippen molar-refractivity contribution in [3.63, 3.8) is 0 Å². The second-order valence-corrected chi connectivity index (χ2v) is 4.95. The lowest BCUT2D eigenvalue weighted by Crippen LogP contribution is -2.30. The van der Waals surface area contributed by atoms with Gasteiger partial charge in [-0.15, -0.1) is 0 Å². The molecule has 0 unspecified atom stereocenters. The molecule has 0 saturated carbocycles. The van der Waals surface area contributed by atoms with Crippen LogP contribution in [0, 0.1) is 0 Å². The topological polar surface area (TPSA) is 15.3 Å². The number of halogens is 1. The lowest BCUT2D eigenvalue weighted by Gasteiger charge is -2.16. The first-order chi connectivity index (χ1) is 7.72. The quantitative estimate of drug-likeness (QED) is 0.774. The standard InChI is InChI=1S/C13H21BrN2/c1-3-15-8-10-16(2)9-7-12-5-4-6-13(14)11-12/h4-6,11,15H,3,7-10H2,1-2H3. The Balaban J connectivity index is 2.23. The SMILES string of the molecule is CCNCCN(C)CCc1cccc(Br)c1. The van der Waals surface area contributed by atoms with Crippen LogP contribution in [0.4, 0.5) is 0 Å². The van der Waals surface area contributed by atoms with Gasteiger partial charge in [0.05, 0.1) is 0 Å². The van der Waals surface area contributed by atoms with Crippen molar-refractivity contribution in [1.82, 2.24) is 10.2 Å². The molecule has 3 heteroatoms. The van der Waals surface area contributed by atoms with Crippen molar-refractivity contribution >= 4 is 15.9 Å². The van der Waals surface area contributed by atoms with Gasteiger partial charge in [0.15, 0.2) is 0 Å². The maximum absolute atomic E-state index is 3.50. The van der Waals surface area contributed by atoms with Crippen LogP contribution >= 0.6 is 15.9 Å². The molecule has 1 N–H and O–H groups in total. The van der Waals surface area contributed by atoms with Crippen molar-refractivity contribution in [1.29, 1.82) is 0 Å². The van der Waals surface area contributed by atoms with E-state index in [1.54, 1.807) is 0 Å². The molecule has 0 radical (unpaired) electrons. The second-order valence-electron chi connectivity index (χ2n) is 4.04. The lowest BCUT2D eigenvalue weighted by molar-refractivity contribution is 0.337. The van der Waals surface area contributed by atoms with Gasteiger partial charge in [0.2, 0.25) is 0 Å². The molecule has 0 amide bonds. The highest BCUT2D eigenvalue weighted by Crippen LogP contribution is 2.12. The van der Waals surface area contributed by atoms with Gasteiger partial charge in [-0.05, 0) is 37.7 Å². The van der Waals surface area contributed by atoms with Crippen molar-refractivity contribution in [2.75, 3.05) is 33.2 Å². The first kappa shape index (κ1) is 13.7. The van der Waals surface area contributed by atoms with Gasteiger partial charge >= 0.3 is 0 Å². The molecule has 1 aromatic rings. The van der Waals surface area contributed by atoms with Crippen LogP contribution in [0.3, 0.4) is 0 Å². The van der Waals surface area contributed by atoms with Crippen LogP contribution in [0.1, 0.15) is 12.5 Å². The van der Waals surface area contributed by atoms with Crippen LogP contribution in [0.15, 0.2) is 28.7 Å². The number of nitrogens with one attached hydrogen (secondary N) is 1. The fourth-order valence-corrected chi connectivity index (χ4v) is 2.02. The third kappa shape index (κ3) is 5.64. The van der Waals surface area contributed by atoms with Crippen LogP contribution in [0.2, 0.25) is 0 Å². The molecule has 0 fully saturated rings. The number of nitrogens with zero attached hydrogens (tertiary/aromatic N) is 1. The monoisotopic (exact) mass is 284 g/mol. The Labute approximate surface area is 107 Å². The van der Waals surface area contributed by atoms with E-state index in [9.17, 15) is 0 Å². The highest BCUT2D eigenvalue weighted by atomic mass is 79.9. The molecule has 2 nitrogen and oxygen atoms in total. The molecule has 90 valence electrons. The predicted molar refractivity (Wildman–Crippen MR) is 73.9 cm³/mol. The van der Waals surface area contributed by atoms with Crippen LogP contribution in [-0.2, 0) is 6.42 Å². The summed E-state index contributed by atoms with van der Waals surface area (Å²) >= 11 is 3.50. The zero-order valence-electron chi connectivity index (χ0n) is 10.2. The summed E-state index contributed by atoms with van der Waals surface area (Å²) in [5.41, 5.74) is 1.39. The molecular weight excluding hydrogens is 264 g/mol. The van der Waals surface area contributed by atoms with Crippen molar-refractivity contribution in [3.8, 4) is 0 Å². The molecule has 1 rings (SSSR count). The van der Waals surface area contributed by atoms with E-state index in [2.05, 4.69) is 64.4 Å². The summed E-state index contributed by atoms with van der Waals surface area (Å²) in [5.74, 6) is 0. The fourth-order valence-electron chi connectivity index (χ4n) is 1.57. The number of rotatable bonds is 7. The van der Waals surface area contributed by atoms with Crippen molar-refractivity contribution in [3.05, 3.63) is 34.3 Å². The van der Waals surface area contributed by atoms with E-state index in [-0.39, 0.29) is 0 Å². The first-order valence-electron chi connectivity index (χ1n) is 5.86. The summed E-state index contributed by atoms with van der Waals surface area (Å²) < 4.78 is 1.17. The van der Waals surface area contributed by atoms with E-state index in [0.717, 1.165) is 32.6 Å². The molecule has 16 heavy (non-hydrogen) atoms. The molecule has 0 aliphatic rings. The summed E-state index contributed by atoms with van der Waals surface area (Å²) in [7, 11) is 2.18. The van der Waals surface area contributed by atoms with Gasteiger partial charge in [-0.1, -0.05) is 35.0 Å². The van der Waals surface area contributed by atoms with Crippen molar-refractivity contribution in [2.24, 2.45) is 0 Å². The molecule has 0 heterocycles. The molecule has 0 aliphatic heterocycles. The van der Waals surface area contributed by atoms with E-state index in [1.165, 1.54) is 10.0 Å². The van der Waals surface area contributed by atoms with Gasteiger partial charge in [-0.25, -0.2) is 0 Å². The lowest BCUT2D eigenvalue weighted by atomic mass is 10.1. The Bertz CT molecular complexity index is 302. The Morgan fingerprint density at radius 2 is 2.12 bits per heavy atom. The highest BCUT2D eigenvalue weighted by Gasteiger charge is 1.99. The minimum Gasteiger partial charge on any atom is -0.316 e. The fraction of sp³-hybridized carbons (Fsp3) is 0.538. The van der Waals surface area contributed by atoms with E-state index in [0.29, 0.717) is 0 Å². The van der Waals surface area contributed by atoms with Gasteiger partial charge in [0, 0.05) is 24.1 Å². The normalized spacial score (nSPS) is 11.0. The predicted octanol–water partition coefficient (Wildman–Crippen LogP) is 2.53. The Kier molecular flexibility index (Phi) is 6.69. The number of hydrogen-bond acceptors (Lipinski definition) is 2. The molecule has 0 saturated heterocycles. The van der Waals surface area contributed by atoms with Crippen LogP contribution < -0.4 is 5.32 Å². The van der Waals surface area contributed by atoms with E-state index >= 15 is 0 Å². The number of benzene rings is 1. The second kappa shape index (κ2) is 7.82. The maximum atomic E-state index is 3.50. The largest absolute Gasteiger partial charge is 0.316 e. The third-order valence-corrected chi connectivity index (χ3v) is 3.08. The van der Waals surface area contributed by atoms with Gasteiger partial charge < -0.3 is 10.2 Å². The summed E-state index contributed by atoms with van der Waals surface area (Å²) in [5, 5.41) is 3.34. The average Bonchev–Trinajstić information content (AvgIpc) is 2.27. The summed E-state index contributed by atoms with van der Waals surface area (Å²) in [6, 6.07) is 8.54. The Morgan fingerprint density at radius 1 is 1.31 bits per heavy atom. The number of hydrogen-bond donors (Lipinski definition) is 1. The Hall–Kier alpha value is -0.380. The van der Waals surface area contributed by atoms with Crippen LogP contribution in [0.25, 0.3) is 0 Å². The first-order valence-corrected chi connectivity index (χ1v) is 6.65. The average molecular weight is 285 g/mol. The molecular formula is C13H21BrN2. The minimum atomic E-state index is 1.06. The Morgan fingerprint density at radius 3 is 2.81 bits per heavy atom. The smallest absolute Gasteiger partial charge is 0.0178 e. The van der Waals surface area contributed by atoms with Crippen molar-refractivity contribution < 1.29 is 0 Å². The highest BCUT2D eigenvalue weighted by molar-refractivity contribution is 9.10. The van der Waals surface area contributed by atoms with Crippen LogP contribution in [-0.4, -0.2) is 38.1 Å². The minimum absolute atomic E-state index is 1.06. The molecule has 0 atom stereocenters. The van der Waals surface area contributed by atoms with Gasteiger partial charge in [-0.3, -0.25) is 0 Å². The van der Waals surface area contributed by atoms with Gasteiger partial charge in [0.1, 0.15) is 0 Å². The molecule has 0 aliphatic carbocycles. The van der Waals surface area contributed by atoms with Gasteiger partial charge in [0.25, 0.3) is 0 Å². The molecule has 0 spiro atoms. The molecule has 0 aromatic heterocycles. The summed E-state index contributed by atoms with van der Waals surface area (Å²) in [4.78, 5) is 2.36. The van der Waals surface area contributed by atoms with E-state index in [1.807, 2.05) is 0 Å². The van der Waals surface area contributed by atoms with E-state index < -0.39 is 0 Å². The molecule has 0 bridgehead atoms. The number of likely N-dealkylation sites (N-methyl/N-ethyl adjacent to an activating group) is 2. The maximum Gasteiger partial charge on any atom is 0.0178 e. The van der Waals surface area contributed by atoms with Crippen LogP contribution in [0.5, 0.6) is 0 Å². The summed E-state index contributed by atoms with van der Waals surface area (Å²) in [6.07, 6.45) is 1.11. The van der Waals surface area contributed by atoms with Gasteiger partial charge in [-0.2, -0.15) is 0 Å². The zero-order chi connectivity index (χ0) is 11.8. The third-order valence-electron chi connectivity index (χ3n) is 2.59. The zero-order valence-corrected chi connectivity index (χ0v) is 11.8. The van der Waals surface area contributed by atoms with Crippen molar-refractivity contribution in [2.45, 2.75) is 13.3 Å². The summed E-state index contributed by atoms with van der Waals surface area (Å²) in [6.45, 7) is 6.50. The molecule has 1 aromatic carbocycles. The van der Waals surface area contributed by atoms with E-state index in [4.69, 9.17) is 0 Å².